The highest BCUT2D eigenvalue weighted by molar-refractivity contribution is 8.08. The van der Waals surface area contributed by atoms with Crippen LogP contribution in [0.15, 0.2) is 40.4 Å². The zero-order valence-electron chi connectivity index (χ0n) is 8.97. The molecular weight excluding hydrogens is 226 g/mol. The van der Waals surface area contributed by atoms with E-state index in [9.17, 15) is 8.42 Å². The molecule has 84 valence electrons. The van der Waals surface area contributed by atoms with Crippen molar-refractivity contribution in [3.05, 3.63) is 40.9 Å². The molecule has 0 spiro atoms. The Bertz CT molecular complexity index is 568. The molecule has 1 heterocycles. The highest BCUT2D eigenvalue weighted by Gasteiger charge is 2.25. The fourth-order valence-corrected chi connectivity index (χ4v) is 2.38. The largest absolute Gasteiger partial charge is 0.430 e. The minimum absolute atomic E-state index is 0.256. The summed E-state index contributed by atoms with van der Waals surface area (Å²) in [5.74, 6) is 0.469. The highest BCUT2D eigenvalue weighted by atomic mass is 32.2. The Labute approximate surface area is 94.2 Å². The number of ether oxygens (including phenoxy) is 1. The first kappa shape index (κ1) is 10.9. The van der Waals surface area contributed by atoms with Crippen LogP contribution in [0.5, 0.6) is 5.75 Å². The van der Waals surface area contributed by atoms with Crippen molar-refractivity contribution in [3.8, 4) is 5.75 Å². The number of sulfone groups is 1. The fourth-order valence-electron chi connectivity index (χ4n) is 1.30. The predicted octanol–water partition coefficient (Wildman–Crippen LogP) is 2.02. The molecule has 4 nitrogen and oxygen atoms in total. The molecule has 2 rings (SSSR count). The third-order valence-corrected chi connectivity index (χ3v) is 3.38. The van der Waals surface area contributed by atoms with Crippen molar-refractivity contribution in [1.82, 2.24) is 0 Å². The zero-order valence-corrected chi connectivity index (χ0v) is 9.78. The summed E-state index contributed by atoms with van der Waals surface area (Å²) >= 11 is 0. The summed E-state index contributed by atoms with van der Waals surface area (Å²) in [4.78, 5) is 3.83. The van der Waals surface area contributed by atoms with Gasteiger partial charge in [-0.1, -0.05) is 17.7 Å². The molecule has 0 unspecified atom stereocenters. The molecule has 0 aromatic heterocycles. The molecule has 0 radical (unpaired) electrons. The Balaban J connectivity index is 2.25. The molecule has 0 saturated heterocycles. The van der Waals surface area contributed by atoms with Crippen molar-refractivity contribution >= 4 is 15.1 Å². The second-order valence-electron chi connectivity index (χ2n) is 3.60. The van der Waals surface area contributed by atoms with E-state index in [1.165, 1.54) is 0 Å². The minimum atomic E-state index is -3.48. The normalized spacial score (nSPS) is 17.9. The Morgan fingerprint density at radius 3 is 2.25 bits per heavy atom. The van der Waals surface area contributed by atoms with Crippen molar-refractivity contribution in [1.29, 1.82) is 0 Å². The maximum absolute atomic E-state index is 11.5. The minimum Gasteiger partial charge on any atom is -0.430 e. The van der Waals surface area contributed by atoms with E-state index in [4.69, 9.17) is 4.74 Å². The van der Waals surface area contributed by atoms with Gasteiger partial charge in [-0.25, -0.2) is 13.4 Å². The molecule has 0 amide bonds. The standard InChI is InChI=1S/C11H11NO3S/c1-8-3-5-10(6-4-8)15-11-12-9(2)7-16(11,13)14/h3-7H,1-2H3. The number of allylic oxidation sites excluding steroid dienone is 1. The van der Waals surface area contributed by atoms with E-state index in [1.54, 1.807) is 19.1 Å². The van der Waals surface area contributed by atoms with Crippen LogP contribution in [0, 0.1) is 6.92 Å². The Morgan fingerprint density at radius 1 is 1.12 bits per heavy atom. The third kappa shape index (κ3) is 2.14. The van der Waals surface area contributed by atoms with Crippen LogP contribution in [0.1, 0.15) is 12.5 Å². The van der Waals surface area contributed by atoms with E-state index in [0.29, 0.717) is 11.4 Å². The number of aliphatic imine (C=N–C) groups is 1. The first-order valence-electron chi connectivity index (χ1n) is 4.74. The molecule has 0 atom stereocenters. The molecule has 1 aromatic carbocycles. The maximum atomic E-state index is 11.5. The van der Waals surface area contributed by atoms with Gasteiger partial charge in [-0.3, -0.25) is 0 Å². The number of rotatable bonds is 1. The van der Waals surface area contributed by atoms with Crippen molar-refractivity contribution in [2.75, 3.05) is 0 Å². The summed E-state index contributed by atoms with van der Waals surface area (Å²) in [6, 6.07) is 7.11. The highest BCUT2D eigenvalue weighted by Crippen LogP contribution is 2.19. The molecule has 1 aromatic rings. The average molecular weight is 237 g/mol. The van der Waals surface area contributed by atoms with Crippen molar-refractivity contribution in [3.63, 3.8) is 0 Å². The molecule has 1 aliphatic rings. The van der Waals surface area contributed by atoms with E-state index in [0.717, 1.165) is 11.0 Å². The van der Waals surface area contributed by atoms with Crippen molar-refractivity contribution < 1.29 is 13.2 Å². The third-order valence-electron chi connectivity index (χ3n) is 2.06. The van der Waals surface area contributed by atoms with Crippen molar-refractivity contribution in [2.24, 2.45) is 4.99 Å². The zero-order chi connectivity index (χ0) is 11.8. The molecule has 5 heteroatoms. The lowest BCUT2D eigenvalue weighted by Crippen LogP contribution is -2.15. The monoisotopic (exact) mass is 237 g/mol. The van der Waals surface area contributed by atoms with Gasteiger partial charge in [0.05, 0.1) is 11.1 Å². The van der Waals surface area contributed by atoms with E-state index in [1.807, 2.05) is 19.1 Å². The molecule has 16 heavy (non-hydrogen) atoms. The molecular formula is C11H11NO3S. The molecule has 0 saturated carbocycles. The van der Waals surface area contributed by atoms with Gasteiger partial charge in [-0.2, -0.15) is 0 Å². The van der Waals surface area contributed by atoms with E-state index in [2.05, 4.69) is 4.99 Å². The lowest BCUT2D eigenvalue weighted by molar-refractivity contribution is 0.549. The lowest BCUT2D eigenvalue weighted by atomic mass is 10.2. The van der Waals surface area contributed by atoms with Crippen LogP contribution < -0.4 is 4.74 Å². The summed E-state index contributed by atoms with van der Waals surface area (Å²) in [5, 5.41) is 0.838. The summed E-state index contributed by atoms with van der Waals surface area (Å²) in [6.45, 7) is 3.56. The first-order chi connectivity index (χ1) is 7.47. The van der Waals surface area contributed by atoms with Crippen LogP contribution in [0.25, 0.3) is 0 Å². The number of hydrogen-bond acceptors (Lipinski definition) is 4. The van der Waals surface area contributed by atoms with Gasteiger partial charge in [-0.05, 0) is 26.0 Å². The van der Waals surface area contributed by atoms with E-state index >= 15 is 0 Å². The molecule has 0 bridgehead atoms. The average Bonchev–Trinajstić information content (AvgIpc) is 2.43. The predicted molar refractivity (Wildman–Crippen MR) is 61.9 cm³/mol. The number of benzene rings is 1. The van der Waals surface area contributed by atoms with Gasteiger partial charge >= 0.3 is 5.23 Å². The topological polar surface area (TPSA) is 55.7 Å². The molecule has 0 fully saturated rings. The first-order valence-corrected chi connectivity index (χ1v) is 6.28. The van der Waals surface area contributed by atoms with Crippen LogP contribution >= 0.6 is 0 Å². The number of hydrogen-bond donors (Lipinski definition) is 0. The number of aryl methyl sites for hydroxylation is 1. The lowest BCUT2D eigenvalue weighted by Gasteiger charge is -2.04. The van der Waals surface area contributed by atoms with Gasteiger partial charge in [0.1, 0.15) is 5.75 Å². The van der Waals surface area contributed by atoms with Gasteiger partial charge < -0.3 is 4.74 Å². The quantitative estimate of drug-likeness (QED) is 0.750. The van der Waals surface area contributed by atoms with Crippen LogP contribution in [0.4, 0.5) is 0 Å². The second kappa shape index (κ2) is 3.75. The second-order valence-corrected chi connectivity index (χ2v) is 5.27. The summed E-state index contributed by atoms with van der Waals surface area (Å²) in [7, 11) is -3.48. The Hall–Kier alpha value is -1.62. The van der Waals surface area contributed by atoms with Crippen LogP contribution in [-0.2, 0) is 9.84 Å². The van der Waals surface area contributed by atoms with Crippen LogP contribution in [0.3, 0.4) is 0 Å². The van der Waals surface area contributed by atoms with Gasteiger partial charge in [0, 0.05) is 0 Å². The van der Waals surface area contributed by atoms with Gasteiger partial charge in [0.25, 0.3) is 9.84 Å². The van der Waals surface area contributed by atoms with E-state index in [-0.39, 0.29) is 5.23 Å². The fraction of sp³-hybridized carbons (Fsp3) is 0.182. The SMILES string of the molecule is CC1=CS(=O)(=O)C(Oc2ccc(C)cc2)=N1. The van der Waals surface area contributed by atoms with Gasteiger partial charge in [0.2, 0.25) is 0 Å². The van der Waals surface area contributed by atoms with Crippen molar-refractivity contribution in [2.45, 2.75) is 13.8 Å². The molecule has 0 aliphatic carbocycles. The number of nitrogens with zero attached hydrogens (tertiary/aromatic N) is 1. The van der Waals surface area contributed by atoms with Crippen LogP contribution in [0.2, 0.25) is 0 Å². The van der Waals surface area contributed by atoms with Gasteiger partial charge in [-0.15, -0.1) is 0 Å². The van der Waals surface area contributed by atoms with Crippen LogP contribution in [-0.4, -0.2) is 13.6 Å². The summed E-state index contributed by atoms with van der Waals surface area (Å²) in [6.07, 6.45) is 0. The smallest absolute Gasteiger partial charge is 0.319 e. The Morgan fingerprint density at radius 2 is 1.75 bits per heavy atom. The Kier molecular flexibility index (Phi) is 2.55. The van der Waals surface area contributed by atoms with E-state index < -0.39 is 9.84 Å². The molecule has 0 N–H and O–H groups in total. The molecule has 1 aliphatic heterocycles. The summed E-state index contributed by atoms with van der Waals surface area (Å²) in [5.41, 5.74) is 1.51. The van der Waals surface area contributed by atoms with Gasteiger partial charge in [0.15, 0.2) is 0 Å². The maximum Gasteiger partial charge on any atom is 0.319 e. The summed E-state index contributed by atoms with van der Waals surface area (Å²) < 4.78 is 28.2.